The van der Waals surface area contributed by atoms with Crippen LogP contribution in [0.4, 0.5) is 5.69 Å². The van der Waals surface area contributed by atoms with Crippen molar-refractivity contribution in [2.24, 2.45) is 5.73 Å². The monoisotopic (exact) mass is 533 g/mol. The summed E-state index contributed by atoms with van der Waals surface area (Å²) in [7, 11) is -1.43. The number of nitrogens with zero attached hydrogens (tertiary/aromatic N) is 2. The lowest BCUT2D eigenvalue weighted by Gasteiger charge is -2.27. The minimum absolute atomic E-state index is 0.0162. The highest BCUT2D eigenvalue weighted by Gasteiger charge is 2.21. The maximum atomic E-state index is 13.1. The van der Waals surface area contributed by atoms with Gasteiger partial charge in [-0.2, -0.15) is 5.26 Å². The third kappa shape index (κ3) is 7.90. The molecular weight excluding hydrogens is 506 g/mol. The second-order valence-corrected chi connectivity index (χ2v) is 10.6. The van der Waals surface area contributed by atoms with Crippen molar-refractivity contribution in [1.29, 1.82) is 5.26 Å². The standard InChI is InChI=1S/C24H28ClN5O5S/c1-4-7-36(3,34)30(14-22(27)31)20-10-18(9-19(25)11-20)24(33)29-13-17-6-5-16(12-26)8-21(17)35-15-23(32)28-2/h5-6,8-11H,3-4,7,13-15H2,1-2H3,(H2,27,31)(H,28,32)(H,29,33). The van der Waals surface area contributed by atoms with Crippen LogP contribution in [0.2, 0.25) is 5.02 Å². The van der Waals surface area contributed by atoms with Gasteiger partial charge in [0.25, 0.3) is 11.8 Å². The van der Waals surface area contributed by atoms with Crippen LogP contribution in [0.25, 0.3) is 0 Å². The van der Waals surface area contributed by atoms with Gasteiger partial charge in [0.2, 0.25) is 5.91 Å². The van der Waals surface area contributed by atoms with Crippen molar-refractivity contribution < 1.29 is 23.3 Å². The molecule has 3 amide bonds. The predicted molar refractivity (Wildman–Crippen MR) is 140 cm³/mol. The number of benzene rings is 2. The number of halogens is 1. The SMILES string of the molecule is C=S(=O)(CCC)N(CC(N)=O)c1cc(Cl)cc(C(=O)NCc2ccc(C#N)cc2OCC(=O)NC)c1. The van der Waals surface area contributed by atoms with Gasteiger partial charge in [0.1, 0.15) is 12.3 Å². The van der Waals surface area contributed by atoms with Crippen LogP contribution in [0, 0.1) is 11.3 Å². The molecule has 0 saturated heterocycles. The fourth-order valence-corrected chi connectivity index (χ4v) is 5.16. The molecule has 0 radical (unpaired) electrons. The number of carbonyl (C=O) groups is 3. The van der Waals surface area contributed by atoms with E-state index in [1.165, 1.54) is 35.6 Å². The van der Waals surface area contributed by atoms with Crippen molar-refractivity contribution in [2.75, 3.05) is 30.3 Å². The Labute approximate surface area is 215 Å². The molecule has 2 aromatic carbocycles. The number of hydrogen-bond donors (Lipinski definition) is 3. The Morgan fingerprint density at radius 1 is 1.25 bits per heavy atom. The number of nitrogens with two attached hydrogens (primary N) is 1. The Balaban J connectivity index is 2.31. The first kappa shape index (κ1) is 28.5. The molecule has 0 aromatic heterocycles. The highest BCUT2D eigenvalue weighted by Crippen LogP contribution is 2.26. The molecule has 2 rings (SSSR count). The molecule has 0 aliphatic carbocycles. The van der Waals surface area contributed by atoms with E-state index < -0.39 is 21.5 Å². The summed E-state index contributed by atoms with van der Waals surface area (Å²) >= 11 is 6.24. The molecule has 192 valence electrons. The summed E-state index contributed by atoms with van der Waals surface area (Å²) in [4.78, 5) is 36.2. The second-order valence-electron chi connectivity index (χ2n) is 7.76. The lowest BCUT2D eigenvalue weighted by atomic mass is 10.1. The van der Waals surface area contributed by atoms with Gasteiger partial charge >= 0.3 is 0 Å². The Morgan fingerprint density at radius 3 is 2.58 bits per heavy atom. The van der Waals surface area contributed by atoms with Gasteiger partial charge in [-0.3, -0.25) is 18.7 Å². The fourth-order valence-electron chi connectivity index (χ4n) is 3.22. The molecule has 0 fully saturated rings. The van der Waals surface area contributed by atoms with Crippen LogP contribution in [0.5, 0.6) is 5.75 Å². The van der Waals surface area contributed by atoms with Gasteiger partial charge in [-0.05, 0) is 42.6 Å². The molecule has 0 aliphatic heterocycles. The van der Waals surface area contributed by atoms with Crippen molar-refractivity contribution in [2.45, 2.75) is 19.9 Å². The van der Waals surface area contributed by atoms with Gasteiger partial charge in [-0.15, -0.1) is 0 Å². The van der Waals surface area contributed by atoms with Crippen LogP contribution in [0.3, 0.4) is 0 Å². The first-order chi connectivity index (χ1) is 17.0. The molecule has 0 saturated carbocycles. The van der Waals surface area contributed by atoms with Crippen molar-refractivity contribution in [3.63, 3.8) is 0 Å². The number of amides is 3. The van der Waals surface area contributed by atoms with Crippen molar-refractivity contribution in [1.82, 2.24) is 10.6 Å². The molecular formula is C24H28ClN5O5S. The van der Waals surface area contributed by atoms with E-state index in [0.717, 1.165) is 0 Å². The number of anilines is 1. The van der Waals surface area contributed by atoms with Crippen LogP contribution >= 0.6 is 11.6 Å². The number of rotatable bonds is 12. The Kier molecular flexibility index (Phi) is 10.1. The maximum absolute atomic E-state index is 13.1. The lowest BCUT2D eigenvalue weighted by molar-refractivity contribution is -0.122. The molecule has 10 nitrogen and oxygen atoms in total. The Morgan fingerprint density at radius 2 is 1.97 bits per heavy atom. The first-order valence-electron chi connectivity index (χ1n) is 10.9. The van der Waals surface area contributed by atoms with E-state index in [9.17, 15) is 18.6 Å². The molecule has 0 aliphatic rings. The van der Waals surface area contributed by atoms with Gasteiger partial charge in [0.05, 0.1) is 17.3 Å². The van der Waals surface area contributed by atoms with Crippen LogP contribution in [-0.2, 0) is 25.8 Å². The Bertz CT molecular complexity index is 1290. The number of hydrogen-bond acceptors (Lipinski definition) is 6. The van der Waals surface area contributed by atoms with Gasteiger partial charge < -0.3 is 21.1 Å². The molecule has 1 unspecified atom stereocenters. The van der Waals surface area contributed by atoms with Crippen LogP contribution < -0.4 is 25.4 Å². The minimum Gasteiger partial charge on any atom is -0.483 e. The van der Waals surface area contributed by atoms with E-state index in [-0.39, 0.29) is 53.4 Å². The van der Waals surface area contributed by atoms with E-state index in [1.54, 1.807) is 12.1 Å². The molecule has 4 N–H and O–H groups in total. The number of ether oxygens (including phenoxy) is 1. The zero-order chi connectivity index (χ0) is 26.9. The summed E-state index contributed by atoms with van der Waals surface area (Å²) in [5, 5.41) is 14.5. The van der Waals surface area contributed by atoms with Gasteiger partial charge in [-0.25, -0.2) is 4.21 Å². The summed E-state index contributed by atoms with van der Waals surface area (Å²) in [5.74, 6) is 2.68. The van der Waals surface area contributed by atoms with E-state index in [1.807, 2.05) is 13.0 Å². The van der Waals surface area contributed by atoms with E-state index in [4.69, 9.17) is 27.3 Å². The van der Waals surface area contributed by atoms with E-state index >= 15 is 0 Å². The largest absolute Gasteiger partial charge is 0.483 e. The number of carbonyl (C=O) groups excluding carboxylic acids is 3. The maximum Gasteiger partial charge on any atom is 0.257 e. The molecule has 0 bridgehead atoms. The van der Waals surface area contributed by atoms with Crippen molar-refractivity contribution in [3.05, 3.63) is 58.1 Å². The summed E-state index contributed by atoms with van der Waals surface area (Å²) < 4.78 is 19.9. The Hall–Kier alpha value is -3.75. The highest BCUT2D eigenvalue weighted by molar-refractivity contribution is 8.01. The topological polar surface area (TPSA) is 155 Å². The van der Waals surface area contributed by atoms with Gasteiger partial charge in [0, 0.05) is 45.2 Å². The fraction of sp³-hybridized carbons (Fsp3) is 0.292. The highest BCUT2D eigenvalue weighted by atomic mass is 35.5. The molecule has 12 heteroatoms. The normalized spacial score (nSPS) is 12.1. The van der Waals surface area contributed by atoms with Gasteiger partial charge in [0.15, 0.2) is 6.61 Å². The minimum atomic E-state index is -2.90. The number of nitrogens with one attached hydrogen (secondary N) is 2. The van der Waals surface area contributed by atoms with Crippen LogP contribution in [-0.4, -0.2) is 53.8 Å². The van der Waals surface area contributed by atoms with E-state index in [0.29, 0.717) is 17.5 Å². The lowest BCUT2D eigenvalue weighted by Crippen LogP contribution is -2.39. The average Bonchev–Trinajstić information content (AvgIpc) is 2.83. The summed E-state index contributed by atoms with van der Waals surface area (Å²) in [6.45, 7) is 1.23. The second kappa shape index (κ2) is 12.8. The van der Waals surface area contributed by atoms with Crippen LogP contribution in [0.15, 0.2) is 36.4 Å². The molecule has 2 aromatic rings. The number of nitriles is 1. The van der Waals surface area contributed by atoms with Crippen LogP contribution in [0.1, 0.15) is 34.8 Å². The third-order valence-electron chi connectivity index (χ3n) is 4.93. The zero-order valence-electron chi connectivity index (χ0n) is 20.0. The van der Waals surface area contributed by atoms with Crippen molar-refractivity contribution in [3.8, 4) is 11.8 Å². The smallest absolute Gasteiger partial charge is 0.257 e. The molecule has 0 spiro atoms. The van der Waals surface area contributed by atoms with Crippen molar-refractivity contribution >= 4 is 50.6 Å². The molecule has 36 heavy (non-hydrogen) atoms. The van der Waals surface area contributed by atoms with Gasteiger partial charge in [-0.1, -0.05) is 24.6 Å². The summed E-state index contributed by atoms with van der Waals surface area (Å²) in [6.07, 6.45) is 0.556. The summed E-state index contributed by atoms with van der Waals surface area (Å²) in [6, 6.07) is 11.0. The van der Waals surface area contributed by atoms with E-state index in [2.05, 4.69) is 16.5 Å². The number of primary amides is 1. The molecule has 1 atom stereocenters. The molecule has 0 heterocycles. The number of likely N-dealkylation sites (N-methyl/N-ethyl adjacent to an activating group) is 1. The third-order valence-corrected chi connectivity index (χ3v) is 7.34. The zero-order valence-corrected chi connectivity index (χ0v) is 21.6. The average molecular weight is 534 g/mol. The quantitative estimate of drug-likeness (QED) is 0.352. The predicted octanol–water partition coefficient (Wildman–Crippen LogP) is 1.60. The first-order valence-corrected chi connectivity index (χ1v) is 13.1. The summed E-state index contributed by atoms with van der Waals surface area (Å²) in [5.41, 5.74) is 6.64.